The van der Waals surface area contributed by atoms with Crippen LogP contribution in [0.15, 0.2) is 42.6 Å². The molecule has 0 aliphatic carbocycles. The number of fused-ring (bicyclic) bond motifs is 1. The minimum absolute atomic E-state index is 0.0497. The second-order valence-corrected chi connectivity index (χ2v) is 7.15. The van der Waals surface area contributed by atoms with Gasteiger partial charge in [0, 0.05) is 23.7 Å². The van der Waals surface area contributed by atoms with E-state index in [1.165, 1.54) is 18.2 Å². The standard InChI is InChI=1S/C21H21ClFN3O2/c1-26(2)10-4-9-25-21(28)16-7-6-15(19(23)18(16)22)14-11-13-5-3-8-24-20(13)17(27)12-14/h3,5-8,11-12,27H,4,9-10H2,1-2H3,(H,25,28). The minimum Gasteiger partial charge on any atom is -0.506 e. The van der Waals surface area contributed by atoms with Gasteiger partial charge in [0.05, 0.1) is 10.6 Å². The Balaban J connectivity index is 1.87. The molecule has 0 saturated carbocycles. The number of nitrogens with one attached hydrogen (secondary N) is 1. The van der Waals surface area contributed by atoms with Gasteiger partial charge in [0.25, 0.3) is 5.91 Å². The molecule has 0 atom stereocenters. The number of hydrogen-bond donors (Lipinski definition) is 2. The summed E-state index contributed by atoms with van der Waals surface area (Å²) in [5.41, 5.74) is 1.18. The monoisotopic (exact) mass is 401 g/mol. The predicted octanol–water partition coefficient (Wildman–Crippen LogP) is 4.08. The van der Waals surface area contributed by atoms with Gasteiger partial charge in [-0.1, -0.05) is 23.7 Å². The maximum absolute atomic E-state index is 14.9. The van der Waals surface area contributed by atoms with Crippen LogP contribution in [-0.4, -0.2) is 48.1 Å². The van der Waals surface area contributed by atoms with Crippen LogP contribution in [0, 0.1) is 5.82 Å². The van der Waals surface area contributed by atoms with Crippen molar-refractivity contribution >= 4 is 28.4 Å². The third-order valence-corrected chi connectivity index (χ3v) is 4.76. The van der Waals surface area contributed by atoms with Gasteiger partial charge in [-0.15, -0.1) is 0 Å². The Kier molecular flexibility index (Phi) is 6.11. The molecule has 2 aromatic carbocycles. The van der Waals surface area contributed by atoms with Crippen molar-refractivity contribution in [3.8, 4) is 16.9 Å². The van der Waals surface area contributed by atoms with Crippen molar-refractivity contribution in [2.45, 2.75) is 6.42 Å². The lowest BCUT2D eigenvalue weighted by Crippen LogP contribution is -2.27. The number of phenols is 1. The zero-order valence-corrected chi connectivity index (χ0v) is 16.4. The number of hydrogen-bond acceptors (Lipinski definition) is 4. The van der Waals surface area contributed by atoms with Crippen molar-refractivity contribution in [3.63, 3.8) is 0 Å². The van der Waals surface area contributed by atoms with Crippen LogP contribution in [0.2, 0.25) is 5.02 Å². The van der Waals surface area contributed by atoms with Crippen molar-refractivity contribution in [2.75, 3.05) is 27.2 Å². The number of halogens is 2. The molecule has 0 radical (unpaired) electrons. The molecule has 146 valence electrons. The summed E-state index contributed by atoms with van der Waals surface area (Å²) in [6, 6.07) is 9.65. The number of amides is 1. The average Bonchev–Trinajstić information content (AvgIpc) is 2.67. The third kappa shape index (κ3) is 4.24. The number of benzene rings is 2. The topological polar surface area (TPSA) is 65.5 Å². The first-order chi connectivity index (χ1) is 13.4. The summed E-state index contributed by atoms with van der Waals surface area (Å²) in [4.78, 5) is 18.4. The number of nitrogens with zero attached hydrogens (tertiary/aromatic N) is 2. The molecule has 0 aliphatic heterocycles. The van der Waals surface area contributed by atoms with Crippen molar-refractivity contribution < 1.29 is 14.3 Å². The molecular formula is C21H21ClFN3O2. The van der Waals surface area contributed by atoms with E-state index in [2.05, 4.69) is 10.3 Å². The largest absolute Gasteiger partial charge is 0.506 e. The van der Waals surface area contributed by atoms with E-state index in [-0.39, 0.29) is 21.9 Å². The van der Waals surface area contributed by atoms with Crippen molar-refractivity contribution in [1.82, 2.24) is 15.2 Å². The summed E-state index contributed by atoms with van der Waals surface area (Å²) >= 11 is 6.15. The molecule has 3 rings (SSSR count). The average molecular weight is 402 g/mol. The van der Waals surface area contributed by atoms with Crippen LogP contribution in [0.3, 0.4) is 0 Å². The van der Waals surface area contributed by atoms with Crippen LogP contribution in [0.4, 0.5) is 4.39 Å². The van der Waals surface area contributed by atoms with Gasteiger partial charge < -0.3 is 15.3 Å². The molecule has 2 N–H and O–H groups in total. The third-order valence-electron chi connectivity index (χ3n) is 4.39. The first kappa shape index (κ1) is 20.0. The highest BCUT2D eigenvalue weighted by molar-refractivity contribution is 6.34. The Bertz CT molecular complexity index is 1020. The summed E-state index contributed by atoms with van der Waals surface area (Å²) in [6.07, 6.45) is 2.35. The van der Waals surface area contributed by atoms with E-state index in [0.717, 1.165) is 13.0 Å². The smallest absolute Gasteiger partial charge is 0.252 e. The molecule has 3 aromatic rings. The van der Waals surface area contributed by atoms with Gasteiger partial charge in [0.1, 0.15) is 17.1 Å². The fourth-order valence-corrected chi connectivity index (χ4v) is 3.22. The number of pyridine rings is 1. The molecule has 0 spiro atoms. The van der Waals surface area contributed by atoms with Gasteiger partial charge in [-0.2, -0.15) is 0 Å². The predicted molar refractivity (Wildman–Crippen MR) is 109 cm³/mol. The Morgan fingerprint density at radius 3 is 2.82 bits per heavy atom. The number of carbonyl (C=O) groups is 1. The quantitative estimate of drug-likeness (QED) is 0.611. The van der Waals surface area contributed by atoms with Gasteiger partial charge in [0.15, 0.2) is 0 Å². The number of phenolic OH excluding ortho intramolecular Hbond substituents is 1. The van der Waals surface area contributed by atoms with E-state index >= 15 is 0 Å². The maximum Gasteiger partial charge on any atom is 0.252 e. The molecule has 0 bridgehead atoms. The van der Waals surface area contributed by atoms with Crippen LogP contribution in [0.5, 0.6) is 5.75 Å². The van der Waals surface area contributed by atoms with E-state index in [1.807, 2.05) is 19.0 Å². The molecule has 7 heteroatoms. The van der Waals surface area contributed by atoms with Gasteiger partial charge in [-0.05, 0) is 56.9 Å². The molecule has 1 amide bonds. The SMILES string of the molecule is CN(C)CCCNC(=O)c1ccc(-c2cc(O)c3ncccc3c2)c(F)c1Cl. The highest BCUT2D eigenvalue weighted by Crippen LogP contribution is 2.35. The fourth-order valence-electron chi connectivity index (χ4n) is 2.97. The first-order valence-electron chi connectivity index (χ1n) is 8.87. The van der Waals surface area contributed by atoms with E-state index in [0.29, 0.717) is 23.0 Å². The number of rotatable bonds is 6. The highest BCUT2D eigenvalue weighted by Gasteiger charge is 2.18. The van der Waals surface area contributed by atoms with E-state index < -0.39 is 11.7 Å². The van der Waals surface area contributed by atoms with E-state index in [1.54, 1.807) is 24.4 Å². The zero-order valence-electron chi connectivity index (χ0n) is 15.7. The van der Waals surface area contributed by atoms with Gasteiger partial charge in [0.2, 0.25) is 0 Å². The fraction of sp³-hybridized carbons (Fsp3) is 0.238. The Morgan fingerprint density at radius 1 is 1.29 bits per heavy atom. The van der Waals surface area contributed by atoms with Crippen molar-refractivity contribution in [1.29, 1.82) is 0 Å². The van der Waals surface area contributed by atoms with Crippen LogP contribution in [0.1, 0.15) is 16.8 Å². The molecule has 1 heterocycles. The zero-order chi connectivity index (χ0) is 20.3. The molecular weight excluding hydrogens is 381 g/mol. The Hall–Kier alpha value is -2.70. The van der Waals surface area contributed by atoms with Gasteiger partial charge >= 0.3 is 0 Å². The normalized spacial score (nSPS) is 11.2. The lowest BCUT2D eigenvalue weighted by molar-refractivity contribution is 0.0952. The van der Waals surface area contributed by atoms with Gasteiger partial charge in [-0.25, -0.2) is 4.39 Å². The molecule has 0 saturated heterocycles. The lowest BCUT2D eigenvalue weighted by Gasteiger charge is -2.12. The van der Waals surface area contributed by atoms with Gasteiger partial charge in [-0.3, -0.25) is 9.78 Å². The summed E-state index contributed by atoms with van der Waals surface area (Å²) in [5.74, 6) is -1.17. The van der Waals surface area contributed by atoms with Crippen LogP contribution >= 0.6 is 11.6 Å². The Morgan fingerprint density at radius 2 is 2.07 bits per heavy atom. The van der Waals surface area contributed by atoms with E-state index in [9.17, 15) is 14.3 Å². The maximum atomic E-state index is 14.9. The summed E-state index contributed by atoms with van der Waals surface area (Å²) in [7, 11) is 3.90. The Labute approximate surface area is 167 Å². The molecule has 0 unspecified atom stereocenters. The van der Waals surface area contributed by atoms with E-state index in [4.69, 9.17) is 11.6 Å². The molecule has 28 heavy (non-hydrogen) atoms. The summed E-state index contributed by atoms with van der Waals surface area (Å²) < 4.78 is 14.9. The molecule has 5 nitrogen and oxygen atoms in total. The molecule has 1 aromatic heterocycles. The lowest BCUT2D eigenvalue weighted by atomic mass is 10.00. The highest BCUT2D eigenvalue weighted by atomic mass is 35.5. The van der Waals surface area contributed by atoms with Crippen molar-refractivity contribution in [2.24, 2.45) is 0 Å². The molecule has 0 aliphatic rings. The summed E-state index contributed by atoms with van der Waals surface area (Å²) in [5, 5.41) is 13.4. The minimum atomic E-state index is -0.703. The van der Waals surface area contributed by atoms with Crippen LogP contribution < -0.4 is 5.32 Å². The number of aromatic nitrogens is 1. The number of aromatic hydroxyl groups is 1. The second-order valence-electron chi connectivity index (χ2n) is 6.77. The van der Waals surface area contributed by atoms with Crippen LogP contribution in [0.25, 0.3) is 22.0 Å². The number of carbonyl (C=O) groups excluding carboxylic acids is 1. The summed E-state index contributed by atoms with van der Waals surface area (Å²) in [6.45, 7) is 1.31. The molecule has 0 fully saturated rings. The van der Waals surface area contributed by atoms with Crippen LogP contribution in [-0.2, 0) is 0 Å². The second kappa shape index (κ2) is 8.54. The first-order valence-corrected chi connectivity index (χ1v) is 9.25. The van der Waals surface area contributed by atoms with Crippen molar-refractivity contribution in [3.05, 3.63) is 59.0 Å².